The number of anilines is 1. The molecule has 1 atom stereocenters. The fraction of sp³-hybridized carbons (Fsp3) is 0.667. The summed E-state index contributed by atoms with van der Waals surface area (Å²) in [5.41, 5.74) is -0.740. The predicted octanol–water partition coefficient (Wildman–Crippen LogP) is 2.95. The normalized spacial score (nSPS) is 22.3. The Morgan fingerprint density at radius 3 is 2.73 bits per heavy atom. The Morgan fingerprint density at radius 2 is 2.04 bits per heavy atom. The quantitative estimate of drug-likeness (QED) is 0.820. The molecule has 2 fully saturated rings. The number of rotatable bonds is 3. The smallest absolute Gasteiger partial charge is 0.381 e. The summed E-state index contributed by atoms with van der Waals surface area (Å²) in [7, 11) is 1.63. The van der Waals surface area contributed by atoms with Crippen molar-refractivity contribution >= 4 is 11.7 Å². The molecule has 3 heterocycles. The largest absolute Gasteiger partial charge is 0.419 e. The molecule has 0 saturated carbocycles. The summed E-state index contributed by atoms with van der Waals surface area (Å²) >= 11 is 0. The molecule has 2 saturated heterocycles. The van der Waals surface area contributed by atoms with Crippen LogP contribution in [0.4, 0.5) is 19.0 Å². The number of carbonyl (C=O) groups is 1. The number of aromatic nitrogens is 1. The first-order valence-electron chi connectivity index (χ1n) is 8.99. The van der Waals surface area contributed by atoms with E-state index in [-0.39, 0.29) is 23.7 Å². The first-order valence-corrected chi connectivity index (χ1v) is 8.99. The molecule has 3 rings (SSSR count). The van der Waals surface area contributed by atoms with Crippen LogP contribution in [-0.2, 0) is 15.7 Å². The van der Waals surface area contributed by atoms with Gasteiger partial charge in [-0.2, -0.15) is 13.2 Å². The third-order valence-corrected chi connectivity index (χ3v) is 5.25. The molecule has 1 aromatic heterocycles. The standard InChI is InChI=1S/C18H24F3N3O2/c1-23(16-15(18(19,20)21)5-2-8-22-16)14-4-3-9-24(12-14)17(25)13-6-10-26-11-7-13/h2,5,8,13-14H,3-4,6-7,9-12H2,1H3. The van der Waals surface area contributed by atoms with Crippen LogP contribution in [-0.4, -0.2) is 55.2 Å². The van der Waals surface area contributed by atoms with Crippen molar-refractivity contribution in [2.45, 2.75) is 37.9 Å². The molecular weight excluding hydrogens is 347 g/mol. The monoisotopic (exact) mass is 371 g/mol. The number of alkyl halides is 3. The number of likely N-dealkylation sites (N-methyl/N-ethyl adjacent to an activating group) is 1. The fourth-order valence-electron chi connectivity index (χ4n) is 3.75. The molecule has 144 valence electrons. The van der Waals surface area contributed by atoms with Crippen LogP contribution in [0.2, 0.25) is 0 Å². The van der Waals surface area contributed by atoms with E-state index in [2.05, 4.69) is 4.98 Å². The summed E-state index contributed by atoms with van der Waals surface area (Å²) in [6, 6.07) is 2.16. The Bertz CT molecular complexity index is 632. The van der Waals surface area contributed by atoms with E-state index in [0.717, 1.165) is 18.9 Å². The molecule has 26 heavy (non-hydrogen) atoms. The minimum atomic E-state index is -4.45. The van der Waals surface area contributed by atoms with E-state index in [1.165, 1.54) is 12.3 Å². The lowest BCUT2D eigenvalue weighted by Gasteiger charge is -2.40. The number of halogens is 3. The molecule has 8 heteroatoms. The number of amides is 1. The van der Waals surface area contributed by atoms with Crippen LogP contribution in [0.3, 0.4) is 0 Å². The summed E-state index contributed by atoms with van der Waals surface area (Å²) in [6.45, 7) is 2.28. The average Bonchev–Trinajstić information content (AvgIpc) is 2.67. The van der Waals surface area contributed by atoms with Crippen LogP contribution >= 0.6 is 0 Å². The van der Waals surface area contributed by atoms with Crippen molar-refractivity contribution in [2.75, 3.05) is 38.3 Å². The van der Waals surface area contributed by atoms with E-state index < -0.39 is 11.7 Å². The zero-order valence-electron chi connectivity index (χ0n) is 14.8. The van der Waals surface area contributed by atoms with Gasteiger partial charge in [0.2, 0.25) is 5.91 Å². The fourth-order valence-corrected chi connectivity index (χ4v) is 3.75. The first-order chi connectivity index (χ1) is 12.4. The van der Waals surface area contributed by atoms with Gasteiger partial charge in [-0.3, -0.25) is 4.79 Å². The van der Waals surface area contributed by atoms with Gasteiger partial charge in [-0.1, -0.05) is 0 Å². The minimum absolute atomic E-state index is 0.0339. The van der Waals surface area contributed by atoms with E-state index in [9.17, 15) is 18.0 Å². The van der Waals surface area contributed by atoms with E-state index in [1.54, 1.807) is 16.8 Å². The van der Waals surface area contributed by atoms with Crippen molar-refractivity contribution in [1.82, 2.24) is 9.88 Å². The van der Waals surface area contributed by atoms with Crippen molar-refractivity contribution in [1.29, 1.82) is 0 Å². The Morgan fingerprint density at radius 1 is 1.31 bits per heavy atom. The molecule has 1 unspecified atom stereocenters. The van der Waals surface area contributed by atoms with Gasteiger partial charge in [0, 0.05) is 51.5 Å². The second-order valence-corrected chi connectivity index (χ2v) is 6.95. The molecule has 5 nitrogen and oxygen atoms in total. The lowest BCUT2D eigenvalue weighted by Crippen LogP contribution is -2.51. The highest BCUT2D eigenvalue weighted by Crippen LogP contribution is 2.36. The molecule has 0 aliphatic carbocycles. The predicted molar refractivity (Wildman–Crippen MR) is 90.8 cm³/mol. The molecule has 2 aliphatic heterocycles. The van der Waals surface area contributed by atoms with Crippen LogP contribution in [0, 0.1) is 5.92 Å². The van der Waals surface area contributed by atoms with Crippen molar-refractivity contribution < 1.29 is 22.7 Å². The molecule has 1 aromatic rings. The van der Waals surface area contributed by atoms with Gasteiger partial charge in [0.15, 0.2) is 0 Å². The summed E-state index contributed by atoms with van der Waals surface area (Å²) in [4.78, 5) is 20.1. The Kier molecular flexibility index (Phi) is 5.70. The minimum Gasteiger partial charge on any atom is -0.381 e. The molecule has 1 amide bonds. The molecule has 0 N–H and O–H groups in total. The molecule has 0 radical (unpaired) electrons. The lowest BCUT2D eigenvalue weighted by atomic mass is 9.96. The SMILES string of the molecule is CN(c1ncccc1C(F)(F)F)C1CCCN(C(=O)C2CCOCC2)C1. The van der Waals surface area contributed by atoms with Crippen LogP contribution in [0.15, 0.2) is 18.3 Å². The maximum Gasteiger partial charge on any atom is 0.419 e. The third kappa shape index (κ3) is 4.11. The second kappa shape index (κ2) is 7.82. The van der Waals surface area contributed by atoms with Crippen LogP contribution in [0.1, 0.15) is 31.2 Å². The van der Waals surface area contributed by atoms with Crippen LogP contribution < -0.4 is 4.90 Å². The van der Waals surface area contributed by atoms with E-state index in [4.69, 9.17) is 4.74 Å². The maximum atomic E-state index is 13.3. The van der Waals surface area contributed by atoms with Gasteiger partial charge in [-0.15, -0.1) is 0 Å². The maximum absolute atomic E-state index is 13.3. The van der Waals surface area contributed by atoms with Crippen molar-refractivity contribution in [3.63, 3.8) is 0 Å². The van der Waals surface area contributed by atoms with Crippen molar-refractivity contribution in [3.05, 3.63) is 23.9 Å². The lowest BCUT2D eigenvalue weighted by molar-refractivity contribution is -0.140. The first kappa shape index (κ1) is 18.9. The number of likely N-dealkylation sites (tertiary alicyclic amines) is 1. The van der Waals surface area contributed by atoms with Gasteiger partial charge in [0.1, 0.15) is 5.82 Å². The zero-order chi connectivity index (χ0) is 18.7. The number of ether oxygens (including phenoxy) is 1. The van der Waals surface area contributed by atoms with Gasteiger partial charge in [-0.25, -0.2) is 4.98 Å². The second-order valence-electron chi connectivity index (χ2n) is 6.95. The van der Waals surface area contributed by atoms with Gasteiger partial charge < -0.3 is 14.5 Å². The molecular formula is C18H24F3N3O2. The number of hydrogen-bond donors (Lipinski definition) is 0. The number of hydrogen-bond acceptors (Lipinski definition) is 4. The molecule has 0 aromatic carbocycles. The highest BCUT2D eigenvalue weighted by molar-refractivity contribution is 5.79. The number of pyridine rings is 1. The molecule has 0 bridgehead atoms. The van der Waals surface area contributed by atoms with Gasteiger partial charge in [0.25, 0.3) is 0 Å². The summed E-state index contributed by atoms with van der Waals surface area (Å²) in [5.74, 6) is -0.0118. The van der Waals surface area contributed by atoms with Gasteiger partial charge >= 0.3 is 6.18 Å². The van der Waals surface area contributed by atoms with E-state index >= 15 is 0 Å². The molecule has 0 spiro atoms. The van der Waals surface area contributed by atoms with Crippen LogP contribution in [0.5, 0.6) is 0 Å². The zero-order valence-corrected chi connectivity index (χ0v) is 14.8. The third-order valence-electron chi connectivity index (χ3n) is 5.25. The average molecular weight is 371 g/mol. The Balaban J connectivity index is 1.72. The Labute approximate surface area is 151 Å². The van der Waals surface area contributed by atoms with Gasteiger partial charge in [-0.05, 0) is 37.8 Å². The van der Waals surface area contributed by atoms with E-state index in [1.807, 2.05) is 0 Å². The van der Waals surface area contributed by atoms with E-state index in [0.29, 0.717) is 39.1 Å². The summed E-state index contributed by atoms with van der Waals surface area (Å²) < 4.78 is 45.1. The Hall–Kier alpha value is -1.83. The summed E-state index contributed by atoms with van der Waals surface area (Å²) in [6.07, 6.45) is -0.137. The summed E-state index contributed by atoms with van der Waals surface area (Å²) in [5, 5.41) is 0. The topological polar surface area (TPSA) is 45.7 Å². The van der Waals surface area contributed by atoms with Crippen molar-refractivity contribution in [3.8, 4) is 0 Å². The highest BCUT2D eigenvalue weighted by atomic mass is 19.4. The van der Waals surface area contributed by atoms with Crippen LogP contribution in [0.25, 0.3) is 0 Å². The van der Waals surface area contributed by atoms with Gasteiger partial charge in [0.05, 0.1) is 5.56 Å². The highest BCUT2D eigenvalue weighted by Gasteiger charge is 2.37. The number of nitrogens with zero attached hydrogens (tertiary/aromatic N) is 3. The number of piperidine rings is 1. The molecule has 2 aliphatic rings. The number of carbonyl (C=O) groups excluding carboxylic acids is 1. The van der Waals surface area contributed by atoms with Crippen molar-refractivity contribution in [2.24, 2.45) is 5.92 Å².